The summed E-state index contributed by atoms with van der Waals surface area (Å²) in [6.07, 6.45) is 1.16. The summed E-state index contributed by atoms with van der Waals surface area (Å²) in [6, 6.07) is 0. The molecule has 5 nitrogen and oxygen atoms in total. The highest BCUT2D eigenvalue weighted by Gasteiger charge is 2.31. The molecule has 0 spiro atoms. The zero-order valence-corrected chi connectivity index (χ0v) is 8.85. The number of likely N-dealkylation sites (tertiary alicyclic amines) is 1. The van der Waals surface area contributed by atoms with Gasteiger partial charge in [0.05, 0.1) is 5.92 Å². The van der Waals surface area contributed by atoms with Crippen molar-refractivity contribution in [2.45, 2.75) is 19.3 Å². The smallest absolute Gasteiger partial charge is 0.306 e. The maximum absolute atomic E-state index is 11.0. The molecule has 5 heteroatoms. The first kappa shape index (κ1) is 12.0. The average Bonchev–Trinajstić information content (AvgIpc) is 2.28. The average molecular weight is 215 g/mol. The van der Waals surface area contributed by atoms with Crippen LogP contribution in [0.25, 0.3) is 0 Å². The van der Waals surface area contributed by atoms with E-state index in [1.54, 1.807) is 0 Å². The van der Waals surface area contributed by atoms with Crippen molar-refractivity contribution in [2.75, 3.05) is 20.1 Å². The fourth-order valence-corrected chi connectivity index (χ4v) is 2.09. The quantitative estimate of drug-likeness (QED) is 0.717. The lowest BCUT2D eigenvalue weighted by molar-refractivity contribution is -0.145. The molecule has 2 N–H and O–H groups in total. The highest BCUT2D eigenvalue weighted by atomic mass is 16.4. The van der Waals surface area contributed by atoms with Crippen molar-refractivity contribution >= 4 is 11.9 Å². The molecule has 86 valence electrons. The van der Waals surface area contributed by atoms with Crippen LogP contribution in [-0.4, -0.2) is 47.2 Å². The second-order valence-electron chi connectivity index (χ2n) is 4.18. The molecule has 0 unspecified atom stereocenters. The minimum atomic E-state index is -0.907. The number of carboxylic acid groups (broad SMARTS) is 2. The molecule has 0 amide bonds. The largest absolute Gasteiger partial charge is 0.481 e. The highest BCUT2D eigenvalue weighted by molar-refractivity contribution is 5.73. The van der Waals surface area contributed by atoms with E-state index in [2.05, 4.69) is 4.90 Å². The van der Waals surface area contributed by atoms with Crippen LogP contribution in [0.5, 0.6) is 0 Å². The second kappa shape index (κ2) is 5.11. The molecule has 0 aliphatic carbocycles. The normalized spacial score (nSPS) is 28.3. The molecule has 0 radical (unpaired) electrons. The maximum Gasteiger partial charge on any atom is 0.306 e. The Bertz CT molecular complexity index is 254. The van der Waals surface area contributed by atoms with Crippen molar-refractivity contribution in [3.8, 4) is 0 Å². The number of rotatable bonds is 3. The predicted octanol–water partition coefficient (Wildman–Crippen LogP) is 0.504. The number of carbonyl (C=O) groups is 2. The molecule has 2 atom stereocenters. The second-order valence-corrected chi connectivity index (χ2v) is 4.18. The van der Waals surface area contributed by atoms with Gasteiger partial charge in [-0.15, -0.1) is 0 Å². The Labute approximate surface area is 88.7 Å². The van der Waals surface area contributed by atoms with Crippen LogP contribution < -0.4 is 0 Å². The minimum Gasteiger partial charge on any atom is -0.481 e. The van der Waals surface area contributed by atoms with Crippen LogP contribution in [0.4, 0.5) is 0 Å². The molecule has 1 heterocycles. The van der Waals surface area contributed by atoms with Gasteiger partial charge in [0, 0.05) is 6.42 Å². The van der Waals surface area contributed by atoms with Crippen LogP contribution >= 0.6 is 0 Å². The molecule has 1 fully saturated rings. The van der Waals surface area contributed by atoms with Gasteiger partial charge >= 0.3 is 11.9 Å². The maximum atomic E-state index is 11.0. The predicted molar refractivity (Wildman–Crippen MR) is 53.6 cm³/mol. The summed E-state index contributed by atoms with van der Waals surface area (Å²) in [5, 5.41) is 17.7. The van der Waals surface area contributed by atoms with E-state index in [0.717, 1.165) is 13.1 Å². The Morgan fingerprint density at radius 2 is 1.87 bits per heavy atom. The summed E-state index contributed by atoms with van der Waals surface area (Å²) in [6.45, 7) is 1.51. The lowest BCUT2D eigenvalue weighted by atomic mass is 9.85. The molecular formula is C10H17NO4. The fourth-order valence-electron chi connectivity index (χ4n) is 2.09. The molecule has 0 aromatic heterocycles. The Hall–Kier alpha value is -1.10. The number of nitrogens with zero attached hydrogens (tertiary/aromatic N) is 1. The minimum absolute atomic E-state index is 0.0369. The van der Waals surface area contributed by atoms with Crippen molar-refractivity contribution in [3.05, 3.63) is 0 Å². The zero-order chi connectivity index (χ0) is 11.4. The Balaban J connectivity index is 2.68. The lowest BCUT2D eigenvalue weighted by Gasteiger charge is -2.18. The first-order chi connectivity index (χ1) is 7.00. The Morgan fingerprint density at radius 1 is 1.27 bits per heavy atom. The number of carboxylic acids is 2. The summed E-state index contributed by atoms with van der Waals surface area (Å²) >= 11 is 0. The van der Waals surface area contributed by atoms with Crippen LogP contribution in [0.1, 0.15) is 19.3 Å². The SMILES string of the molecule is CN1CC[C@H](CC(=O)O)[C@H](C(=O)O)CC1. The van der Waals surface area contributed by atoms with Gasteiger partial charge in [-0.25, -0.2) is 0 Å². The molecule has 1 saturated heterocycles. The summed E-state index contributed by atoms with van der Waals surface area (Å²) in [5.74, 6) is -2.51. The molecule has 1 rings (SSSR count). The van der Waals surface area contributed by atoms with E-state index < -0.39 is 17.9 Å². The van der Waals surface area contributed by atoms with E-state index in [0.29, 0.717) is 12.8 Å². The van der Waals surface area contributed by atoms with Crippen molar-refractivity contribution in [1.82, 2.24) is 4.90 Å². The van der Waals surface area contributed by atoms with E-state index in [-0.39, 0.29) is 12.3 Å². The summed E-state index contributed by atoms with van der Waals surface area (Å²) in [5.41, 5.74) is 0. The third-order valence-electron chi connectivity index (χ3n) is 3.03. The summed E-state index contributed by atoms with van der Waals surface area (Å²) in [7, 11) is 1.93. The van der Waals surface area contributed by atoms with E-state index >= 15 is 0 Å². The highest BCUT2D eigenvalue weighted by Crippen LogP contribution is 2.26. The molecule has 15 heavy (non-hydrogen) atoms. The summed E-state index contributed by atoms with van der Waals surface area (Å²) in [4.78, 5) is 23.7. The van der Waals surface area contributed by atoms with E-state index in [1.165, 1.54) is 0 Å². The van der Waals surface area contributed by atoms with Gasteiger partial charge in [0.25, 0.3) is 0 Å². The number of hydrogen-bond acceptors (Lipinski definition) is 3. The molecule has 1 aliphatic rings. The van der Waals surface area contributed by atoms with Gasteiger partial charge in [-0.1, -0.05) is 0 Å². The van der Waals surface area contributed by atoms with Gasteiger partial charge in [-0.2, -0.15) is 0 Å². The topological polar surface area (TPSA) is 77.8 Å². The fraction of sp³-hybridized carbons (Fsp3) is 0.800. The van der Waals surface area contributed by atoms with Gasteiger partial charge in [0.2, 0.25) is 0 Å². The molecule has 0 aromatic carbocycles. The number of aliphatic carboxylic acids is 2. The first-order valence-corrected chi connectivity index (χ1v) is 5.14. The van der Waals surface area contributed by atoms with E-state index in [4.69, 9.17) is 10.2 Å². The molecule has 0 saturated carbocycles. The standard InChI is InChI=1S/C10H17NO4/c1-11-4-2-7(6-9(12)13)8(3-5-11)10(14)15/h7-8H,2-6H2,1H3,(H,12,13)(H,14,15)/t7-,8-/m1/s1. The third-order valence-corrected chi connectivity index (χ3v) is 3.03. The van der Waals surface area contributed by atoms with Gasteiger partial charge in [-0.05, 0) is 38.9 Å². The Kier molecular flexibility index (Phi) is 4.08. The van der Waals surface area contributed by atoms with Gasteiger partial charge in [0.15, 0.2) is 0 Å². The van der Waals surface area contributed by atoms with Gasteiger partial charge in [-0.3, -0.25) is 9.59 Å². The first-order valence-electron chi connectivity index (χ1n) is 5.14. The van der Waals surface area contributed by atoms with Crippen molar-refractivity contribution in [1.29, 1.82) is 0 Å². The van der Waals surface area contributed by atoms with Crippen molar-refractivity contribution in [2.24, 2.45) is 11.8 Å². The van der Waals surface area contributed by atoms with E-state index in [9.17, 15) is 9.59 Å². The molecule has 0 bridgehead atoms. The molecular weight excluding hydrogens is 198 g/mol. The van der Waals surface area contributed by atoms with Crippen LogP contribution in [0.3, 0.4) is 0 Å². The monoisotopic (exact) mass is 215 g/mol. The van der Waals surface area contributed by atoms with Crippen LogP contribution in [0.15, 0.2) is 0 Å². The Morgan fingerprint density at radius 3 is 2.40 bits per heavy atom. The van der Waals surface area contributed by atoms with Crippen molar-refractivity contribution in [3.63, 3.8) is 0 Å². The molecule has 0 aromatic rings. The van der Waals surface area contributed by atoms with Gasteiger partial charge in [0.1, 0.15) is 0 Å². The van der Waals surface area contributed by atoms with Crippen LogP contribution in [-0.2, 0) is 9.59 Å². The lowest BCUT2D eigenvalue weighted by Crippen LogP contribution is -2.25. The van der Waals surface area contributed by atoms with Crippen LogP contribution in [0, 0.1) is 11.8 Å². The third kappa shape index (κ3) is 3.51. The van der Waals surface area contributed by atoms with Crippen LogP contribution in [0.2, 0.25) is 0 Å². The molecule has 1 aliphatic heterocycles. The summed E-state index contributed by atoms with van der Waals surface area (Å²) < 4.78 is 0. The zero-order valence-electron chi connectivity index (χ0n) is 8.85. The van der Waals surface area contributed by atoms with Crippen molar-refractivity contribution < 1.29 is 19.8 Å². The van der Waals surface area contributed by atoms with Gasteiger partial charge < -0.3 is 15.1 Å². The van der Waals surface area contributed by atoms with E-state index in [1.807, 2.05) is 7.05 Å². The number of hydrogen-bond donors (Lipinski definition) is 2.